The number of nitrogens with zero attached hydrogens (tertiary/aromatic N) is 4. The minimum atomic E-state index is 0.136. The number of likely N-dealkylation sites (tertiary alicyclic amines) is 1. The first-order valence-electron chi connectivity index (χ1n) is 11.1. The van der Waals surface area contributed by atoms with Gasteiger partial charge in [-0.15, -0.1) is 0 Å². The van der Waals surface area contributed by atoms with E-state index in [1.807, 2.05) is 30.9 Å². The van der Waals surface area contributed by atoms with E-state index in [4.69, 9.17) is 19.4 Å². The predicted molar refractivity (Wildman–Crippen MR) is 118 cm³/mol. The van der Waals surface area contributed by atoms with Gasteiger partial charge in [-0.05, 0) is 44.5 Å². The fourth-order valence-corrected chi connectivity index (χ4v) is 4.46. The fourth-order valence-electron chi connectivity index (χ4n) is 4.46. The van der Waals surface area contributed by atoms with Crippen LogP contribution in [-0.4, -0.2) is 72.2 Å². The number of methoxy groups -OCH3 is 1. The highest BCUT2D eigenvalue weighted by Crippen LogP contribution is 2.27. The van der Waals surface area contributed by atoms with Crippen molar-refractivity contribution in [3.63, 3.8) is 0 Å². The summed E-state index contributed by atoms with van der Waals surface area (Å²) in [6.45, 7) is 9.50. The summed E-state index contributed by atoms with van der Waals surface area (Å²) in [4.78, 5) is 26.7. The lowest BCUT2D eigenvalue weighted by Crippen LogP contribution is -2.41. The molecule has 0 N–H and O–H groups in total. The molecule has 1 atom stereocenters. The second-order valence-electron chi connectivity index (χ2n) is 8.47. The van der Waals surface area contributed by atoms with Gasteiger partial charge in [0.05, 0.1) is 26.7 Å². The molecule has 1 aromatic heterocycles. The smallest absolute Gasteiger partial charge is 0.227 e. The SMILES string of the molecule is COc1ccc(CN2CC[C@@H](c3nc(C)c(CC(=O)N4CCOCC4)c(C)n3)C2)cc1. The Morgan fingerprint density at radius 1 is 1.10 bits per heavy atom. The summed E-state index contributed by atoms with van der Waals surface area (Å²) < 4.78 is 10.6. The van der Waals surface area contributed by atoms with Crippen LogP contribution in [0.15, 0.2) is 24.3 Å². The number of morpholine rings is 1. The third-order valence-electron chi connectivity index (χ3n) is 6.33. The van der Waals surface area contributed by atoms with E-state index in [0.29, 0.717) is 38.6 Å². The normalized spacial score (nSPS) is 19.6. The summed E-state index contributed by atoms with van der Waals surface area (Å²) in [6, 6.07) is 8.26. The summed E-state index contributed by atoms with van der Waals surface area (Å²) in [5.41, 5.74) is 4.11. The summed E-state index contributed by atoms with van der Waals surface area (Å²) >= 11 is 0. The van der Waals surface area contributed by atoms with E-state index in [0.717, 1.165) is 54.6 Å². The molecule has 166 valence electrons. The quantitative estimate of drug-likeness (QED) is 0.710. The Morgan fingerprint density at radius 3 is 2.42 bits per heavy atom. The molecule has 0 aliphatic carbocycles. The molecule has 3 heterocycles. The van der Waals surface area contributed by atoms with Crippen molar-refractivity contribution in [1.29, 1.82) is 0 Å². The summed E-state index contributed by atoms with van der Waals surface area (Å²) in [6.07, 6.45) is 1.42. The van der Waals surface area contributed by atoms with Crippen LogP contribution in [0.3, 0.4) is 0 Å². The number of carbonyl (C=O) groups is 1. The van der Waals surface area contributed by atoms with Crippen molar-refractivity contribution in [3.05, 3.63) is 52.6 Å². The Bertz CT molecular complexity index is 887. The molecule has 1 aromatic carbocycles. The highest BCUT2D eigenvalue weighted by atomic mass is 16.5. The van der Waals surface area contributed by atoms with Gasteiger partial charge < -0.3 is 14.4 Å². The molecule has 4 rings (SSSR count). The molecule has 0 saturated carbocycles. The molecular weight excluding hydrogens is 392 g/mol. The van der Waals surface area contributed by atoms with Crippen LogP contribution in [-0.2, 0) is 22.5 Å². The number of ether oxygens (including phenoxy) is 2. The van der Waals surface area contributed by atoms with Crippen LogP contribution in [0, 0.1) is 13.8 Å². The Hall–Kier alpha value is -2.51. The Labute approximate surface area is 184 Å². The second-order valence-corrected chi connectivity index (χ2v) is 8.47. The van der Waals surface area contributed by atoms with Gasteiger partial charge in [-0.25, -0.2) is 9.97 Å². The van der Waals surface area contributed by atoms with Gasteiger partial charge in [0.25, 0.3) is 0 Å². The van der Waals surface area contributed by atoms with Crippen molar-refractivity contribution >= 4 is 5.91 Å². The molecule has 2 aromatic rings. The van der Waals surface area contributed by atoms with Gasteiger partial charge in [0, 0.05) is 49.0 Å². The monoisotopic (exact) mass is 424 g/mol. The van der Waals surface area contributed by atoms with E-state index in [1.54, 1.807) is 7.11 Å². The van der Waals surface area contributed by atoms with Crippen molar-refractivity contribution in [3.8, 4) is 5.75 Å². The topological polar surface area (TPSA) is 67.8 Å². The largest absolute Gasteiger partial charge is 0.497 e. The maximum absolute atomic E-state index is 12.7. The van der Waals surface area contributed by atoms with Gasteiger partial charge >= 0.3 is 0 Å². The van der Waals surface area contributed by atoms with Crippen LogP contribution >= 0.6 is 0 Å². The van der Waals surface area contributed by atoms with Crippen molar-refractivity contribution in [2.24, 2.45) is 0 Å². The number of aromatic nitrogens is 2. The molecule has 2 fully saturated rings. The molecule has 2 aliphatic rings. The fraction of sp³-hybridized carbons (Fsp3) is 0.542. The Kier molecular flexibility index (Phi) is 6.83. The maximum Gasteiger partial charge on any atom is 0.227 e. The minimum Gasteiger partial charge on any atom is -0.497 e. The van der Waals surface area contributed by atoms with E-state index in [2.05, 4.69) is 17.0 Å². The average molecular weight is 425 g/mol. The zero-order valence-corrected chi connectivity index (χ0v) is 18.8. The molecule has 0 unspecified atom stereocenters. The number of aryl methyl sites for hydroxylation is 2. The van der Waals surface area contributed by atoms with Crippen molar-refractivity contribution in [2.45, 2.75) is 39.2 Å². The number of benzene rings is 1. The van der Waals surface area contributed by atoms with Crippen LogP contribution in [0.4, 0.5) is 0 Å². The highest BCUT2D eigenvalue weighted by molar-refractivity contribution is 5.79. The first kappa shape index (κ1) is 21.7. The van der Waals surface area contributed by atoms with Crippen molar-refractivity contribution < 1.29 is 14.3 Å². The van der Waals surface area contributed by atoms with Gasteiger partial charge in [-0.2, -0.15) is 0 Å². The standard InChI is InChI=1S/C24H32N4O3/c1-17-22(14-23(29)28-10-12-31-13-11-28)18(2)26-24(25-17)20-8-9-27(16-20)15-19-4-6-21(30-3)7-5-19/h4-7,20H,8-16H2,1-3H3/t20-/m1/s1. The molecule has 31 heavy (non-hydrogen) atoms. The molecule has 0 spiro atoms. The predicted octanol–water partition coefficient (Wildman–Crippen LogP) is 2.49. The Morgan fingerprint density at radius 2 is 1.77 bits per heavy atom. The molecule has 7 nitrogen and oxygen atoms in total. The van der Waals surface area contributed by atoms with Crippen LogP contribution in [0.5, 0.6) is 5.75 Å². The number of hydrogen-bond acceptors (Lipinski definition) is 6. The van der Waals surface area contributed by atoms with Gasteiger partial charge in [-0.1, -0.05) is 12.1 Å². The first-order valence-corrected chi connectivity index (χ1v) is 11.1. The lowest BCUT2D eigenvalue weighted by Gasteiger charge is -2.27. The summed E-state index contributed by atoms with van der Waals surface area (Å²) in [5, 5.41) is 0. The van der Waals surface area contributed by atoms with E-state index in [9.17, 15) is 4.79 Å². The third-order valence-corrected chi connectivity index (χ3v) is 6.33. The average Bonchev–Trinajstić information content (AvgIpc) is 3.25. The number of carbonyl (C=O) groups excluding carboxylic acids is 1. The number of hydrogen-bond donors (Lipinski definition) is 0. The zero-order chi connectivity index (χ0) is 21.8. The van der Waals surface area contributed by atoms with Gasteiger partial charge in [0.15, 0.2) is 0 Å². The van der Waals surface area contributed by atoms with Crippen LogP contribution in [0.2, 0.25) is 0 Å². The molecule has 1 amide bonds. The molecule has 0 radical (unpaired) electrons. The Balaban J connectivity index is 1.39. The molecular formula is C24H32N4O3. The van der Waals surface area contributed by atoms with E-state index in [-0.39, 0.29) is 5.91 Å². The number of rotatable bonds is 6. The van der Waals surface area contributed by atoms with E-state index >= 15 is 0 Å². The molecule has 2 saturated heterocycles. The maximum atomic E-state index is 12.7. The third kappa shape index (κ3) is 5.22. The summed E-state index contributed by atoms with van der Waals surface area (Å²) in [7, 11) is 1.69. The van der Waals surface area contributed by atoms with Crippen LogP contribution in [0.1, 0.15) is 40.7 Å². The zero-order valence-electron chi connectivity index (χ0n) is 18.8. The van der Waals surface area contributed by atoms with Gasteiger partial charge in [0.1, 0.15) is 11.6 Å². The highest BCUT2D eigenvalue weighted by Gasteiger charge is 2.27. The van der Waals surface area contributed by atoms with E-state index < -0.39 is 0 Å². The molecule has 0 bridgehead atoms. The second kappa shape index (κ2) is 9.75. The van der Waals surface area contributed by atoms with Crippen molar-refractivity contribution in [1.82, 2.24) is 19.8 Å². The lowest BCUT2D eigenvalue weighted by atomic mass is 10.0. The lowest BCUT2D eigenvalue weighted by molar-refractivity contribution is -0.134. The minimum absolute atomic E-state index is 0.136. The van der Waals surface area contributed by atoms with Crippen LogP contribution in [0.25, 0.3) is 0 Å². The van der Waals surface area contributed by atoms with Crippen molar-refractivity contribution in [2.75, 3.05) is 46.5 Å². The first-order chi connectivity index (χ1) is 15.0. The van der Waals surface area contributed by atoms with Gasteiger partial charge in [-0.3, -0.25) is 9.69 Å². The van der Waals surface area contributed by atoms with Gasteiger partial charge in [0.2, 0.25) is 5.91 Å². The molecule has 2 aliphatic heterocycles. The van der Waals surface area contributed by atoms with Crippen LogP contribution < -0.4 is 4.74 Å². The summed E-state index contributed by atoms with van der Waals surface area (Å²) in [5.74, 6) is 2.27. The number of amides is 1. The van der Waals surface area contributed by atoms with E-state index in [1.165, 1.54) is 5.56 Å². The molecule has 7 heteroatoms.